The molecule has 1 aromatic carbocycles. The molecule has 1 amide bonds. The van der Waals surface area contributed by atoms with Crippen LogP contribution in [-0.2, 0) is 5.41 Å². The van der Waals surface area contributed by atoms with Crippen LogP contribution in [0.4, 0.5) is 0 Å². The minimum atomic E-state index is -0.00796. The monoisotopic (exact) mass is 247 g/mol. The summed E-state index contributed by atoms with van der Waals surface area (Å²) < 4.78 is 0. The van der Waals surface area contributed by atoms with Gasteiger partial charge >= 0.3 is 0 Å². The number of hydrogen-bond donors (Lipinski definition) is 1. The van der Waals surface area contributed by atoms with Crippen LogP contribution in [-0.4, -0.2) is 12.5 Å². The number of rotatable bonds is 4. The van der Waals surface area contributed by atoms with E-state index in [1.54, 1.807) is 0 Å². The maximum absolute atomic E-state index is 12.2. The molecule has 0 aromatic heterocycles. The summed E-state index contributed by atoms with van der Waals surface area (Å²) in [4.78, 5) is 12.2. The van der Waals surface area contributed by atoms with E-state index in [2.05, 4.69) is 39.9 Å². The first-order valence-corrected chi connectivity index (χ1v) is 6.70. The molecular weight excluding hydrogens is 222 g/mol. The van der Waals surface area contributed by atoms with Gasteiger partial charge in [-0.05, 0) is 29.4 Å². The van der Waals surface area contributed by atoms with Crippen molar-refractivity contribution < 1.29 is 4.79 Å². The van der Waals surface area contributed by atoms with Crippen LogP contribution in [0.5, 0.6) is 0 Å². The smallest absolute Gasteiger partial charge is 0.251 e. The lowest BCUT2D eigenvalue weighted by Gasteiger charge is -2.22. The highest BCUT2D eigenvalue weighted by atomic mass is 16.1. The second-order valence-corrected chi connectivity index (χ2v) is 6.23. The molecule has 0 aliphatic heterocycles. The third-order valence-corrected chi connectivity index (χ3v) is 2.99. The molecule has 0 fully saturated rings. The molecule has 0 bridgehead atoms. The van der Waals surface area contributed by atoms with Crippen LogP contribution in [0.1, 0.15) is 57.0 Å². The average Bonchev–Trinajstić information content (AvgIpc) is 2.27. The highest BCUT2D eigenvalue weighted by molar-refractivity contribution is 5.96. The van der Waals surface area contributed by atoms with Gasteiger partial charge in [-0.3, -0.25) is 4.79 Å². The summed E-state index contributed by atoms with van der Waals surface area (Å²) in [6.07, 6.45) is 1.02. The highest BCUT2D eigenvalue weighted by Crippen LogP contribution is 2.25. The molecule has 0 spiro atoms. The van der Waals surface area contributed by atoms with Crippen LogP contribution in [0.25, 0.3) is 0 Å². The molecule has 0 heterocycles. The summed E-state index contributed by atoms with van der Waals surface area (Å²) in [6.45, 7) is 11.5. The third kappa shape index (κ3) is 4.17. The van der Waals surface area contributed by atoms with E-state index in [0.717, 1.165) is 24.1 Å². The Kier molecular flexibility index (Phi) is 4.94. The van der Waals surface area contributed by atoms with Gasteiger partial charge in [0.2, 0.25) is 0 Å². The molecular formula is C16H25NO. The lowest BCUT2D eigenvalue weighted by atomic mass is 9.83. The Morgan fingerprint density at radius 3 is 2.39 bits per heavy atom. The van der Waals surface area contributed by atoms with E-state index in [9.17, 15) is 4.79 Å². The molecule has 2 nitrogen and oxygen atoms in total. The second kappa shape index (κ2) is 6.03. The third-order valence-electron chi connectivity index (χ3n) is 2.99. The minimum Gasteiger partial charge on any atom is -0.352 e. The van der Waals surface area contributed by atoms with Gasteiger partial charge in [0.1, 0.15) is 0 Å². The maximum Gasteiger partial charge on any atom is 0.251 e. The Morgan fingerprint density at radius 1 is 1.22 bits per heavy atom. The molecule has 0 aliphatic carbocycles. The first-order valence-electron chi connectivity index (χ1n) is 6.70. The van der Waals surface area contributed by atoms with Crippen molar-refractivity contribution >= 4 is 5.91 Å². The fourth-order valence-electron chi connectivity index (χ4n) is 1.90. The van der Waals surface area contributed by atoms with E-state index in [-0.39, 0.29) is 11.3 Å². The molecule has 100 valence electrons. The molecule has 1 aromatic rings. The molecule has 0 saturated carbocycles. The van der Waals surface area contributed by atoms with Crippen molar-refractivity contribution in [2.24, 2.45) is 5.92 Å². The lowest BCUT2D eigenvalue weighted by molar-refractivity contribution is 0.0950. The Labute approximate surface area is 111 Å². The fourth-order valence-corrected chi connectivity index (χ4v) is 1.90. The summed E-state index contributed by atoms with van der Waals surface area (Å²) in [6, 6.07) is 7.86. The van der Waals surface area contributed by atoms with Gasteiger partial charge in [-0.25, -0.2) is 0 Å². The summed E-state index contributed by atoms with van der Waals surface area (Å²) in [5, 5.41) is 3.00. The van der Waals surface area contributed by atoms with E-state index < -0.39 is 0 Å². The number of carbonyl (C=O) groups excluding carboxylic acids is 1. The molecule has 1 rings (SSSR count). The molecule has 0 radical (unpaired) electrons. The van der Waals surface area contributed by atoms with E-state index in [0.29, 0.717) is 5.92 Å². The normalized spacial score (nSPS) is 11.7. The summed E-state index contributed by atoms with van der Waals surface area (Å²) >= 11 is 0. The Balaban J connectivity index is 2.80. The van der Waals surface area contributed by atoms with Gasteiger partial charge in [0.15, 0.2) is 0 Å². The Hall–Kier alpha value is -1.31. The molecule has 18 heavy (non-hydrogen) atoms. The first kappa shape index (κ1) is 14.7. The number of hydrogen-bond acceptors (Lipinski definition) is 1. The predicted molar refractivity (Wildman–Crippen MR) is 76.9 cm³/mol. The quantitative estimate of drug-likeness (QED) is 0.862. The van der Waals surface area contributed by atoms with Gasteiger partial charge in [-0.15, -0.1) is 0 Å². The van der Waals surface area contributed by atoms with Crippen molar-refractivity contribution in [3.63, 3.8) is 0 Å². The van der Waals surface area contributed by atoms with E-state index in [4.69, 9.17) is 0 Å². The van der Waals surface area contributed by atoms with Gasteiger partial charge in [0.25, 0.3) is 5.91 Å². The van der Waals surface area contributed by atoms with Crippen LogP contribution in [0.3, 0.4) is 0 Å². The van der Waals surface area contributed by atoms with Gasteiger partial charge in [-0.2, -0.15) is 0 Å². The fraction of sp³-hybridized carbons (Fsp3) is 0.562. The van der Waals surface area contributed by atoms with Crippen molar-refractivity contribution in [1.29, 1.82) is 0 Å². The highest BCUT2D eigenvalue weighted by Gasteiger charge is 2.20. The van der Waals surface area contributed by atoms with Crippen LogP contribution < -0.4 is 5.32 Å². The van der Waals surface area contributed by atoms with Gasteiger partial charge in [0, 0.05) is 12.1 Å². The summed E-state index contributed by atoms with van der Waals surface area (Å²) in [5.41, 5.74) is 1.90. The topological polar surface area (TPSA) is 29.1 Å². The Morgan fingerprint density at radius 2 is 1.83 bits per heavy atom. The van der Waals surface area contributed by atoms with E-state index in [1.807, 2.05) is 24.3 Å². The number of benzene rings is 1. The zero-order chi connectivity index (χ0) is 13.8. The van der Waals surface area contributed by atoms with Gasteiger partial charge < -0.3 is 5.32 Å². The maximum atomic E-state index is 12.2. The number of amides is 1. The summed E-state index contributed by atoms with van der Waals surface area (Å²) in [5.74, 6) is 0.657. The van der Waals surface area contributed by atoms with Crippen LogP contribution >= 0.6 is 0 Å². The largest absolute Gasteiger partial charge is 0.352 e. The summed E-state index contributed by atoms with van der Waals surface area (Å²) in [7, 11) is 0. The predicted octanol–water partition coefficient (Wildman–Crippen LogP) is 3.76. The molecule has 0 aliphatic rings. The van der Waals surface area contributed by atoms with Gasteiger partial charge in [-0.1, -0.05) is 52.8 Å². The van der Waals surface area contributed by atoms with Crippen LogP contribution in [0, 0.1) is 5.92 Å². The van der Waals surface area contributed by atoms with Crippen molar-refractivity contribution in [2.45, 2.75) is 46.5 Å². The van der Waals surface area contributed by atoms with Crippen molar-refractivity contribution in [2.75, 3.05) is 6.54 Å². The number of carbonyl (C=O) groups is 1. The minimum absolute atomic E-state index is 0.00796. The SMILES string of the molecule is CC(C)CCNC(=O)c1ccccc1C(C)(C)C. The average molecular weight is 247 g/mol. The molecule has 0 unspecified atom stereocenters. The van der Waals surface area contributed by atoms with E-state index >= 15 is 0 Å². The molecule has 1 N–H and O–H groups in total. The second-order valence-electron chi connectivity index (χ2n) is 6.23. The Bertz CT molecular complexity index is 402. The van der Waals surface area contributed by atoms with Gasteiger partial charge in [0.05, 0.1) is 0 Å². The van der Waals surface area contributed by atoms with Crippen molar-refractivity contribution in [1.82, 2.24) is 5.32 Å². The van der Waals surface area contributed by atoms with Crippen LogP contribution in [0.15, 0.2) is 24.3 Å². The first-order chi connectivity index (χ1) is 8.32. The standard InChI is InChI=1S/C16H25NO/c1-12(2)10-11-17-15(18)13-8-6-7-9-14(13)16(3,4)5/h6-9,12H,10-11H2,1-5H3,(H,17,18). The number of nitrogens with one attached hydrogen (secondary N) is 1. The van der Waals surface area contributed by atoms with Crippen LogP contribution in [0.2, 0.25) is 0 Å². The van der Waals surface area contributed by atoms with Crippen molar-refractivity contribution in [3.8, 4) is 0 Å². The zero-order valence-corrected chi connectivity index (χ0v) is 12.2. The van der Waals surface area contributed by atoms with Crippen molar-refractivity contribution in [3.05, 3.63) is 35.4 Å². The zero-order valence-electron chi connectivity index (χ0n) is 12.2. The molecule has 2 heteroatoms. The molecule has 0 atom stereocenters. The molecule has 0 saturated heterocycles. The lowest BCUT2D eigenvalue weighted by Crippen LogP contribution is -2.28. The van der Waals surface area contributed by atoms with E-state index in [1.165, 1.54) is 0 Å².